The number of carbonyl (C=O) groups is 1. The number of H-pyrrole nitrogens is 1. The van der Waals surface area contributed by atoms with Gasteiger partial charge in [-0.05, 0) is 35.9 Å². The summed E-state index contributed by atoms with van der Waals surface area (Å²) in [6.45, 7) is 1.53. The average Bonchev–Trinajstić information content (AvgIpc) is 3.18. The van der Waals surface area contributed by atoms with E-state index in [1.54, 1.807) is 0 Å². The Kier molecular flexibility index (Phi) is 4.52. The zero-order valence-corrected chi connectivity index (χ0v) is 16.6. The van der Waals surface area contributed by atoms with E-state index >= 15 is 0 Å². The molecule has 5 rings (SSSR count). The number of nitrogens with zero attached hydrogens (tertiary/aromatic N) is 1. The van der Waals surface area contributed by atoms with Crippen LogP contribution >= 0.6 is 0 Å². The van der Waals surface area contributed by atoms with Crippen LogP contribution in [0.15, 0.2) is 84.9 Å². The van der Waals surface area contributed by atoms with E-state index in [1.807, 2.05) is 54.6 Å². The number of hydrogen-bond acceptors (Lipinski definition) is 2. The molecular formula is C26H21N3O. The lowest BCUT2D eigenvalue weighted by Crippen LogP contribution is -2.09. The van der Waals surface area contributed by atoms with Gasteiger partial charge in [0.05, 0.1) is 11.2 Å². The fraction of sp³-hybridized carbons (Fsp3) is 0.0769. The Balaban J connectivity index is 1.67. The average molecular weight is 391 g/mol. The lowest BCUT2D eigenvalue weighted by atomic mass is 9.99. The minimum Gasteiger partial charge on any atom is -0.354 e. The monoisotopic (exact) mass is 391 g/mol. The number of benzene rings is 3. The zero-order valence-electron chi connectivity index (χ0n) is 16.6. The summed E-state index contributed by atoms with van der Waals surface area (Å²) in [6.07, 6.45) is 0.617. The van der Waals surface area contributed by atoms with E-state index in [0.29, 0.717) is 6.42 Å². The largest absolute Gasteiger partial charge is 0.354 e. The predicted octanol–water partition coefficient (Wildman–Crippen LogP) is 5.93. The van der Waals surface area contributed by atoms with Crippen LogP contribution in [0, 0.1) is 0 Å². The molecule has 1 amide bonds. The van der Waals surface area contributed by atoms with Crippen LogP contribution in [0.2, 0.25) is 0 Å². The molecule has 4 heteroatoms. The van der Waals surface area contributed by atoms with Crippen molar-refractivity contribution in [3.05, 3.63) is 96.2 Å². The minimum absolute atomic E-state index is 0.0789. The van der Waals surface area contributed by atoms with Gasteiger partial charge in [0.25, 0.3) is 0 Å². The summed E-state index contributed by atoms with van der Waals surface area (Å²) in [5, 5.41) is 5.21. The molecule has 0 atom stereocenters. The second-order valence-corrected chi connectivity index (χ2v) is 7.46. The van der Waals surface area contributed by atoms with Crippen LogP contribution < -0.4 is 5.32 Å². The molecule has 0 unspecified atom stereocenters. The van der Waals surface area contributed by atoms with Gasteiger partial charge in [0.15, 0.2) is 0 Å². The summed E-state index contributed by atoms with van der Waals surface area (Å²) >= 11 is 0. The fourth-order valence-electron chi connectivity index (χ4n) is 3.91. The van der Waals surface area contributed by atoms with Gasteiger partial charge in [0.2, 0.25) is 5.91 Å². The van der Waals surface area contributed by atoms with Crippen LogP contribution in [0.1, 0.15) is 18.2 Å². The van der Waals surface area contributed by atoms with Crippen molar-refractivity contribution in [2.75, 3.05) is 5.32 Å². The van der Waals surface area contributed by atoms with E-state index in [4.69, 9.17) is 4.98 Å². The lowest BCUT2D eigenvalue weighted by molar-refractivity contribution is -0.114. The van der Waals surface area contributed by atoms with Gasteiger partial charge in [-0.15, -0.1) is 0 Å². The molecule has 5 aromatic rings. The van der Waals surface area contributed by atoms with Gasteiger partial charge in [0, 0.05) is 46.6 Å². The van der Waals surface area contributed by atoms with Crippen molar-refractivity contribution in [2.45, 2.75) is 13.3 Å². The quantitative estimate of drug-likeness (QED) is 0.399. The number of aromatic amines is 1. The number of hydrogen-bond donors (Lipinski definition) is 2. The highest BCUT2D eigenvalue weighted by Crippen LogP contribution is 2.31. The number of rotatable bonds is 4. The van der Waals surface area contributed by atoms with E-state index in [2.05, 4.69) is 40.6 Å². The van der Waals surface area contributed by atoms with Gasteiger partial charge < -0.3 is 10.3 Å². The van der Waals surface area contributed by atoms with Gasteiger partial charge >= 0.3 is 0 Å². The van der Waals surface area contributed by atoms with Crippen molar-refractivity contribution < 1.29 is 4.79 Å². The standard InChI is InChI=1S/C26H21N3O/c1-17(30)27-22-11-5-3-9-19(22)15-25-21(14-18-8-2-6-12-23(18)28-25)26-16-20-10-4-7-13-24(20)29-26/h2-14,16,29H,15H2,1H3,(H,27,30). The number of fused-ring (bicyclic) bond motifs is 2. The summed E-state index contributed by atoms with van der Waals surface area (Å²) in [6, 6.07) is 28.7. The molecule has 0 saturated heterocycles. The first-order valence-electron chi connectivity index (χ1n) is 10.00. The van der Waals surface area contributed by atoms with Crippen molar-refractivity contribution in [3.63, 3.8) is 0 Å². The molecular weight excluding hydrogens is 370 g/mol. The molecule has 0 bridgehead atoms. The Morgan fingerprint density at radius 3 is 2.47 bits per heavy atom. The molecule has 0 aliphatic rings. The molecule has 0 fully saturated rings. The molecule has 0 spiro atoms. The van der Waals surface area contributed by atoms with Gasteiger partial charge in [-0.3, -0.25) is 9.78 Å². The molecule has 4 nitrogen and oxygen atoms in total. The van der Waals surface area contributed by atoms with Crippen LogP contribution in [0.4, 0.5) is 5.69 Å². The number of nitrogens with one attached hydrogen (secondary N) is 2. The molecule has 0 aliphatic carbocycles. The third kappa shape index (κ3) is 3.44. The first-order chi connectivity index (χ1) is 14.7. The van der Waals surface area contributed by atoms with Gasteiger partial charge in [0.1, 0.15) is 0 Å². The Bertz CT molecular complexity index is 1350. The van der Waals surface area contributed by atoms with Gasteiger partial charge in [-0.1, -0.05) is 54.6 Å². The van der Waals surface area contributed by atoms with Gasteiger partial charge in [-0.2, -0.15) is 0 Å². The third-order valence-corrected chi connectivity index (χ3v) is 5.31. The van der Waals surface area contributed by atoms with Crippen LogP contribution in [0.25, 0.3) is 33.1 Å². The Labute approximate surface area is 174 Å². The highest BCUT2D eigenvalue weighted by molar-refractivity contribution is 5.91. The second-order valence-electron chi connectivity index (χ2n) is 7.46. The zero-order chi connectivity index (χ0) is 20.5. The van der Waals surface area contributed by atoms with Crippen LogP contribution in [0.5, 0.6) is 0 Å². The normalized spacial score (nSPS) is 11.1. The van der Waals surface area contributed by atoms with Crippen LogP contribution in [-0.2, 0) is 11.2 Å². The van der Waals surface area contributed by atoms with E-state index in [-0.39, 0.29) is 5.91 Å². The number of para-hydroxylation sites is 3. The topological polar surface area (TPSA) is 57.8 Å². The number of amides is 1. The fourth-order valence-corrected chi connectivity index (χ4v) is 3.91. The summed E-state index contributed by atoms with van der Waals surface area (Å²) in [7, 11) is 0. The second kappa shape index (κ2) is 7.48. The molecule has 30 heavy (non-hydrogen) atoms. The van der Waals surface area contributed by atoms with E-state index in [9.17, 15) is 4.79 Å². The number of pyridine rings is 1. The Morgan fingerprint density at radius 1 is 0.900 bits per heavy atom. The van der Waals surface area contributed by atoms with Gasteiger partial charge in [-0.25, -0.2) is 0 Å². The molecule has 0 aliphatic heterocycles. The molecule has 0 saturated carbocycles. The smallest absolute Gasteiger partial charge is 0.221 e. The maximum absolute atomic E-state index is 11.6. The lowest BCUT2D eigenvalue weighted by Gasteiger charge is -2.13. The first-order valence-corrected chi connectivity index (χ1v) is 10.00. The van der Waals surface area contributed by atoms with Crippen molar-refractivity contribution in [2.24, 2.45) is 0 Å². The predicted molar refractivity (Wildman–Crippen MR) is 123 cm³/mol. The SMILES string of the molecule is CC(=O)Nc1ccccc1Cc1nc2ccccc2cc1-c1cc2ccccc2[nH]1. The highest BCUT2D eigenvalue weighted by atomic mass is 16.1. The molecule has 2 N–H and O–H groups in total. The van der Waals surface area contributed by atoms with Crippen molar-refractivity contribution in [3.8, 4) is 11.3 Å². The van der Waals surface area contributed by atoms with Crippen molar-refractivity contribution in [1.29, 1.82) is 0 Å². The first kappa shape index (κ1) is 18.1. The summed E-state index contributed by atoms with van der Waals surface area (Å²) in [5.74, 6) is -0.0789. The molecule has 3 aromatic carbocycles. The van der Waals surface area contributed by atoms with Crippen LogP contribution in [0.3, 0.4) is 0 Å². The molecule has 146 valence electrons. The minimum atomic E-state index is -0.0789. The highest BCUT2D eigenvalue weighted by Gasteiger charge is 2.14. The maximum Gasteiger partial charge on any atom is 0.221 e. The Hall–Kier alpha value is -3.92. The van der Waals surface area contributed by atoms with Crippen LogP contribution in [-0.4, -0.2) is 15.9 Å². The van der Waals surface area contributed by atoms with Crippen molar-refractivity contribution >= 4 is 33.4 Å². The van der Waals surface area contributed by atoms with E-state index in [1.165, 1.54) is 12.3 Å². The third-order valence-electron chi connectivity index (χ3n) is 5.31. The molecule has 0 radical (unpaired) electrons. The number of aromatic nitrogens is 2. The molecule has 2 heterocycles. The number of anilines is 1. The van der Waals surface area contributed by atoms with Crippen molar-refractivity contribution in [1.82, 2.24) is 9.97 Å². The number of carbonyl (C=O) groups excluding carboxylic acids is 1. The molecule has 2 aromatic heterocycles. The summed E-state index contributed by atoms with van der Waals surface area (Å²) in [5.41, 5.74) is 7.01. The summed E-state index contributed by atoms with van der Waals surface area (Å²) in [4.78, 5) is 20.2. The van der Waals surface area contributed by atoms with E-state index in [0.717, 1.165) is 44.6 Å². The maximum atomic E-state index is 11.6. The Morgan fingerprint density at radius 2 is 1.63 bits per heavy atom. The van der Waals surface area contributed by atoms with E-state index < -0.39 is 0 Å². The summed E-state index contributed by atoms with van der Waals surface area (Å²) < 4.78 is 0.